The topological polar surface area (TPSA) is 321 Å². The van der Waals surface area contributed by atoms with Crippen molar-refractivity contribution in [2.45, 2.75) is 143 Å². The molecule has 27 nitrogen and oxygen atoms in total. The van der Waals surface area contributed by atoms with Gasteiger partial charge in [-0.3, -0.25) is 19.5 Å². The average Bonchev–Trinajstić information content (AvgIpc) is 1.61. The fraction of sp³-hybridized carbons (Fsp3) is 0.606. The molecule has 0 amide bonds. The summed E-state index contributed by atoms with van der Waals surface area (Å²) in [6.45, 7) is 25.2. The number of carboxylic acids is 1. The largest absolute Gasteiger partial charge is 1.00 e. The maximum absolute atomic E-state index is 12.2. The molecule has 0 aromatic carbocycles. The number of ketones is 1. The maximum atomic E-state index is 12.2. The summed E-state index contributed by atoms with van der Waals surface area (Å²) in [5.74, 6) is -0.457. The van der Waals surface area contributed by atoms with Crippen LogP contribution in [0.25, 0.3) is 42.9 Å². The van der Waals surface area contributed by atoms with E-state index in [4.69, 9.17) is 48.8 Å². The number of hydrogen-bond acceptors (Lipinski definition) is 29. The van der Waals surface area contributed by atoms with Gasteiger partial charge in [0.2, 0.25) is 23.7 Å². The minimum atomic E-state index is -3.30. The number of hydrogen-bond donors (Lipinski definition) is 1. The Balaban J connectivity index is 0.000000246. The van der Waals surface area contributed by atoms with E-state index >= 15 is 0 Å². The van der Waals surface area contributed by atoms with Crippen molar-refractivity contribution in [1.82, 2.24) is 49.9 Å². The summed E-state index contributed by atoms with van der Waals surface area (Å²) in [6, 6.07) is 5.87. The summed E-state index contributed by atoms with van der Waals surface area (Å²) in [5, 5.41) is 12.2. The molecule has 3 radical (unpaired) electrons. The van der Waals surface area contributed by atoms with Crippen molar-refractivity contribution in [3.8, 4) is 34.3 Å². The number of carboxylic acid groups (broad SMARTS) is 1. The van der Waals surface area contributed by atoms with Crippen LogP contribution in [0.3, 0.4) is 0 Å². The molecule has 0 bridgehead atoms. The minimum absolute atomic E-state index is 0. The molecule has 0 spiro atoms. The average molecular weight is 1460 g/mol. The summed E-state index contributed by atoms with van der Waals surface area (Å²) >= 11 is 3.35. The Hall–Kier alpha value is -5.62. The molecule has 0 unspecified atom stereocenters. The van der Waals surface area contributed by atoms with E-state index in [1.54, 1.807) is 35.1 Å². The third-order valence-corrected chi connectivity index (χ3v) is 21.2. The van der Waals surface area contributed by atoms with Gasteiger partial charge in [-0.15, -0.1) is 22.7 Å². The number of methoxy groups -OCH3 is 2. The van der Waals surface area contributed by atoms with Gasteiger partial charge in [-0.05, 0) is 111 Å². The van der Waals surface area contributed by atoms with E-state index < -0.39 is 37.6 Å². The van der Waals surface area contributed by atoms with Gasteiger partial charge in [-0.25, -0.2) is 66.1 Å². The number of aryl methyl sites for hydroxylation is 2. The van der Waals surface area contributed by atoms with Crippen LogP contribution in [-0.2, 0) is 82.7 Å². The number of carbonyl (C=O) groups excluding carboxylic acids is 4. The number of likely N-dealkylation sites (tertiary alicyclic amines) is 3. The van der Waals surface area contributed by atoms with Gasteiger partial charge in [-0.2, -0.15) is 0 Å². The van der Waals surface area contributed by atoms with Crippen molar-refractivity contribution in [1.29, 1.82) is 0 Å². The number of nitrogens with one attached hydrogen (secondary N) is 1. The van der Waals surface area contributed by atoms with Gasteiger partial charge in [0.25, 0.3) is 0 Å². The van der Waals surface area contributed by atoms with Crippen LogP contribution in [0.5, 0.6) is 11.8 Å². The molecule has 6 aliphatic rings. The zero-order valence-corrected chi connectivity index (χ0v) is 64.4. The van der Waals surface area contributed by atoms with Gasteiger partial charge in [0.15, 0.2) is 19.7 Å². The van der Waals surface area contributed by atoms with E-state index in [0.717, 1.165) is 133 Å². The summed E-state index contributed by atoms with van der Waals surface area (Å²) in [4.78, 5) is 91.5. The molecule has 0 saturated carbocycles. The van der Waals surface area contributed by atoms with E-state index in [2.05, 4.69) is 77.3 Å². The second-order valence-corrected chi connectivity index (χ2v) is 31.9. The number of carbonyl (C=O) groups is 4. The fourth-order valence-electron chi connectivity index (χ4n) is 12.5. The Labute approximate surface area is 613 Å². The molecule has 535 valence electrons. The number of morpholine rings is 2. The quantitative estimate of drug-likeness (QED) is 0.0877. The van der Waals surface area contributed by atoms with Crippen molar-refractivity contribution < 1.29 is 99.4 Å². The fourth-order valence-corrected chi connectivity index (χ4v) is 16.3. The van der Waals surface area contributed by atoms with Crippen LogP contribution in [0.1, 0.15) is 118 Å². The summed E-state index contributed by atoms with van der Waals surface area (Å²) in [7, 11) is -3.60. The molecule has 0 aliphatic carbocycles. The van der Waals surface area contributed by atoms with Gasteiger partial charge >= 0.3 is 41.5 Å². The van der Waals surface area contributed by atoms with Gasteiger partial charge in [0.1, 0.15) is 5.78 Å². The second kappa shape index (κ2) is 38.6. The van der Waals surface area contributed by atoms with Crippen LogP contribution in [0, 0.1) is 13.8 Å². The van der Waals surface area contributed by atoms with Crippen LogP contribution < -0.4 is 59.3 Å². The van der Waals surface area contributed by atoms with E-state index in [1.165, 1.54) is 88.8 Å². The molecule has 2 atom stereocenters. The number of nitrogens with zero attached hydrogens (tertiary/aromatic N) is 11. The first-order valence-electron chi connectivity index (χ1n) is 32.8. The number of Topliss-reactive ketones (excluding diaryl/α,β-unsaturated/α-hetero) is 1. The minimum Gasteiger partial charge on any atom is -0.550 e. The van der Waals surface area contributed by atoms with Gasteiger partial charge in [0.05, 0.1) is 84.0 Å². The summed E-state index contributed by atoms with van der Waals surface area (Å²) in [5.41, 5.74) is 8.31. The van der Waals surface area contributed by atoms with E-state index in [1.807, 2.05) is 12.1 Å². The third-order valence-electron chi connectivity index (χ3n) is 17.2. The molecule has 12 rings (SSSR count). The Kier molecular flexibility index (Phi) is 32.1. The first-order valence-corrected chi connectivity index (χ1v) is 38.6. The Morgan fingerprint density at radius 1 is 0.636 bits per heavy atom. The number of fused-ring (bicyclic) bond motifs is 2. The SMILES string of the molecule is CC(=O)OOC(C)=O.CC(=O)[O-].COc1ncc(-c2nc(N3CCOCC3)nc3c(CN4CCC(=O)CC4)c(C)sc23)cc1CS(C)(=O)=O.COc1ncc(-c2nc(N3CCOCC3)nc3c(CN4CCC(N5CCC[C@H]5C)CC4)c(C)sc23)cc1CS(C)(=O)=O.C[C@@H]1CCCN1.[B].[Na+]. The Bertz CT molecular complexity index is 3910. The molecule has 33 heteroatoms. The number of piperidine rings is 2. The zero-order chi connectivity index (χ0) is 70.1. The van der Waals surface area contributed by atoms with Crippen LogP contribution in [0.2, 0.25) is 0 Å². The Morgan fingerprint density at radius 2 is 1.06 bits per heavy atom. The molecular formula is C66H93BN12NaO15S4. The number of rotatable bonds is 15. The molecule has 6 aromatic heterocycles. The first kappa shape index (κ1) is 82.3. The van der Waals surface area contributed by atoms with Crippen LogP contribution in [0.15, 0.2) is 24.5 Å². The molecule has 6 fully saturated rings. The van der Waals surface area contributed by atoms with E-state index in [9.17, 15) is 31.2 Å². The molecule has 6 aromatic rings. The third kappa shape index (κ3) is 24.3. The summed E-state index contributed by atoms with van der Waals surface area (Å²) < 4.78 is 72.4. The number of sulfone groups is 2. The van der Waals surface area contributed by atoms with Crippen molar-refractivity contribution >= 4 is 107 Å². The van der Waals surface area contributed by atoms with E-state index in [-0.39, 0.29) is 55.4 Å². The molecule has 99 heavy (non-hydrogen) atoms. The molecule has 1 N–H and O–H groups in total. The number of aliphatic carboxylic acids is 1. The van der Waals surface area contributed by atoms with Gasteiger partial charge in [-0.1, -0.05) is 0 Å². The summed E-state index contributed by atoms with van der Waals surface area (Å²) in [6.07, 6.45) is 14.8. The number of aromatic nitrogens is 6. The molecule has 12 heterocycles. The van der Waals surface area contributed by atoms with Crippen molar-refractivity contribution in [3.63, 3.8) is 0 Å². The monoisotopic (exact) mass is 1460 g/mol. The van der Waals surface area contributed by atoms with Crippen molar-refractivity contribution in [2.75, 3.05) is 128 Å². The maximum Gasteiger partial charge on any atom is 1.00 e. The number of thiophene rings is 2. The standard InChI is InChI=1S/C30H42N6O4S2.C25H31N5O5S2.C5H11N.C4H6O4.C2H4O2.B.Na/c1-20-6-5-9-36(20)24-7-10-34(11-8-24)18-25-21(2)41-28-26(32-30(33-27(25)28)35-12-14-40-15-13-35)22-16-23(19-42(4,37)38)29(39-3)31-17-22;1-16-20(14-29-6-4-19(31)5-7-29)22-23(36-16)21(27-25(28-22)30-8-10-35-11-9-30)17-12-18(15-37(3,32)33)24(34-2)26-13-17;1-5-3-2-4-6-5;1-3(5)7-8-4(2)6;1-2(3)4;;/h16-17,20,24H,5-15,18-19H2,1-4H3;12-13H,4-11,14-15H2,1-3H3;5-6H,2-4H2,1H3;1-2H3;1H3,(H,3,4);;/q;;;;;;+1/p-1/t20-;;5-;;;;/m1.1..../s1. The van der Waals surface area contributed by atoms with Gasteiger partial charge < -0.3 is 44.0 Å². The normalized spacial score (nSPS) is 18.6. The second-order valence-electron chi connectivity index (χ2n) is 25.2. The van der Waals surface area contributed by atoms with Crippen LogP contribution in [0.4, 0.5) is 11.9 Å². The number of anilines is 2. The smallest absolute Gasteiger partial charge is 0.550 e. The Morgan fingerprint density at radius 3 is 1.40 bits per heavy atom. The number of ether oxygens (including phenoxy) is 4. The van der Waals surface area contributed by atoms with Gasteiger partial charge in [0, 0.05) is 180 Å². The zero-order valence-electron chi connectivity index (χ0n) is 59.2. The molecule has 6 aliphatic heterocycles. The first-order chi connectivity index (χ1) is 46.2. The van der Waals surface area contributed by atoms with Crippen molar-refractivity contribution in [2.24, 2.45) is 0 Å². The predicted molar refractivity (Wildman–Crippen MR) is 377 cm³/mol. The molecular weight excluding hydrogens is 1360 g/mol. The predicted octanol–water partition coefficient (Wildman–Crippen LogP) is 2.68. The molecule has 6 saturated heterocycles. The van der Waals surface area contributed by atoms with E-state index in [0.29, 0.717) is 99.1 Å². The van der Waals surface area contributed by atoms with Crippen LogP contribution >= 0.6 is 22.7 Å². The van der Waals surface area contributed by atoms with Crippen LogP contribution in [-0.4, -0.2) is 230 Å². The van der Waals surface area contributed by atoms with Crippen molar-refractivity contribution in [3.05, 3.63) is 56.5 Å². The number of pyridine rings is 2.